The van der Waals surface area contributed by atoms with Gasteiger partial charge in [0, 0.05) is 19.5 Å². The van der Waals surface area contributed by atoms with E-state index in [1.54, 1.807) is 31.2 Å². The molecule has 0 aromatic heterocycles. The molecule has 1 N–H and O–H groups in total. The average Bonchev–Trinajstić information content (AvgIpc) is 2.99. The summed E-state index contributed by atoms with van der Waals surface area (Å²) in [5.41, 5.74) is 2.83. The van der Waals surface area contributed by atoms with Gasteiger partial charge in [0.15, 0.2) is 0 Å². The van der Waals surface area contributed by atoms with Crippen molar-refractivity contribution < 1.29 is 22.4 Å². The van der Waals surface area contributed by atoms with Gasteiger partial charge in [0.1, 0.15) is 18.4 Å². The van der Waals surface area contributed by atoms with E-state index in [1.807, 2.05) is 67.6 Å². The van der Waals surface area contributed by atoms with E-state index in [9.17, 15) is 22.4 Å². The Hall–Kier alpha value is -4.50. The number of likely N-dealkylation sites (N-methyl/N-ethyl adjacent to an activating group) is 1. The second-order valence-corrected chi connectivity index (χ2v) is 11.8. The predicted molar refractivity (Wildman–Crippen MR) is 162 cm³/mol. The molecule has 0 fully saturated rings. The van der Waals surface area contributed by atoms with Gasteiger partial charge in [-0.1, -0.05) is 78.4 Å². The van der Waals surface area contributed by atoms with Crippen LogP contribution in [0.4, 0.5) is 10.1 Å². The molecule has 9 heteroatoms. The number of carbonyl (C=O) groups excluding carboxylic acids is 2. The van der Waals surface area contributed by atoms with E-state index in [-0.39, 0.29) is 29.5 Å². The van der Waals surface area contributed by atoms with E-state index < -0.39 is 34.3 Å². The zero-order valence-corrected chi connectivity index (χ0v) is 24.4. The molecule has 2 amide bonds. The number of carbonyl (C=O) groups is 2. The number of sulfonamides is 1. The quantitative estimate of drug-likeness (QED) is 0.250. The van der Waals surface area contributed by atoms with Crippen molar-refractivity contribution in [1.29, 1.82) is 0 Å². The van der Waals surface area contributed by atoms with Gasteiger partial charge in [0.25, 0.3) is 10.0 Å². The van der Waals surface area contributed by atoms with Gasteiger partial charge < -0.3 is 10.2 Å². The van der Waals surface area contributed by atoms with Gasteiger partial charge in [-0.15, -0.1) is 0 Å². The Balaban J connectivity index is 1.77. The molecule has 0 radical (unpaired) electrons. The minimum absolute atomic E-state index is 0.0899. The molecular formula is C33H34FN3O4S. The lowest BCUT2D eigenvalue weighted by Crippen LogP contribution is -2.53. The first kappa shape index (κ1) is 30.5. The highest BCUT2D eigenvalue weighted by atomic mass is 32.2. The number of rotatable bonds is 12. The number of anilines is 1. The van der Waals surface area contributed by atoms with Crippen LogP contribution in [-0.4, -0.2) is 44.3 Å². The SMILES string of the molecule is CCNC(=O)[C@H](Cc1ccccc1)N(Cc1ccccc1)C(=O)CN(c1ccc(C)cc1)S(=O)(=O)c1ccc(F)cc1. The Morgan fingerprint density at radius 2 is 1.38 bits per heavy atom. The Morgan fingerprint density at radius 3 is 1.95 bits per heavy atom. The van der Waals surface area contributed by atoms with Gasteiger partial charge >= 0.3 is 0 Å². The first-order valence-corrected chi connectivity index (χ1v) is 15.1. The van der Waals surface area contributed by atoms with E-state index in [2.05, 4.69) is 5.32 Å². The van der Waals surface area contributed by atoms with E-state index in [0.29, 0.717) is 6.54 Å². The van der Waals surface area contributed by atoms with Crippen LogP contribution >= 0.6 is 0 Å². The molecule has 0 saturated carbocycles. The molecule has 0 bridgehead atoms. The van der Waals surface area contributed by atoms with Crippen LogP contribution in [0, 0.1) is 12.7 Å². The molecule has 0 saturated heterocycles. The van der Waals surface area contributed by atoms with Crippen LogP contribution < -0.4 is 9.62 Å². The number of amides is 2. The molecule has 0 aliphatic rings. The molecule has 0 aliphatic carbocycles. The molecule has 4 aromatic carbocycles. The largest absolute Gasteiger partial charge is 0.355 e. The third kappa shape index (κ3) is 7.61. The Kier molecular flexibility index (Phi) is 10.1. The van der Waals surface area contributed by atoms with Crippen LogP contribution in [0.25, 0.3) is 0 Å². The van der Waals surface area contributed by atoms with Crippen LogP contribution in [0.2, 0.25) is 0 Å². The number of halogens is 1. The normalized spacial score (nSPS) is 11.9. The summed E-state index contributed by atoms with van der Waals surface area (Å²) >= 11 is 0. The standard InChI is InChI=1S/C33H34FN3O4S/c1-3-35-33(39)31(22-26-10-6-4-7-11-26)36(23-27-12-8-5-9-13-27)32(38)24-37(29-18-14-25(2)15-19-29)42(40,41)30-20-16-28(34)17-21-30/h4-21,31H,3,22-24H2,1-2H3,(H,35,39)/t31-/m0/s1. The maximum absolute atomic E-state index is 14.3. The van der Waals surface area contributed by atoms with Crippen molar-refractivity contribution in [2.75, 3.05) is 17.4 Å². The molecule has 4 rings (SSSR count). The third-order valence-corrected chi connectivity index (χ3v) is 8.61. The number of nitrogens with zero attached hydrogens (tertiary/aromatic N) is 2. The molecular weight excluding hydrogens is 553 g/mol. The molecule has 0 unspecified atom stereocenters. The fourth-order valence-electron chi connectivity index (χ4n) is 4.60. The molecule has 42 heavy (non-hydrogen) atoms. The molecule has 0 spiro atoms. The van der Waals surface area contributed by atoms with Gasteiger partial charge in [-0.3, -0.25) is 13.9 Å². The van der Waals surface area contributed by atoms with Gasteiger partial charge in [-0.05, 0) is 61.4 Å². The van der Waals surface area contributed by atoms with Gasteiger partial charge in [0.2, 0.25) is 11.8 Å². The summed E-state index contributed by atoms with van der Waals surface area (Å²) in [5, 5.41) is 2.84. The highest BCUT2D eigenvalue weighted by molar-refractivity contribution is 7.92. The summed E-state index contributed by atoms with van der Waals surface area (Å²) in [5.74, 6) is -1.47. The van der Waals surface area contributed by atoms with E-state index in [1.165, 1.54) is 17.0 Å². The lowest BCUT2D eigenvalue weighted by Gasteiger charge is -2.33. The number of hydrogen-bond donors (Lipinski definition) is 1. The lowest BCUT2D eigenvalue weighted by atomic mass is 10.0. The highest BCUT2D eigenvalue weighted by Gasteiger charge is 2.34. The number of hydrogen-bond acceptors (Lipinski definition) is 4. The van der Waals surface area contributed by atoms with E-state index in [4.69, 9.17) is 0 Å². The first-order valence-electron chi connectivity index (χ1n) is 13.7. The topological polar surface area (TPSA) is 86.8 Å². The monoisotopic (exact) mass is 587 g/mol. The molecule has 7 nitrogen and oxygen atoms in total. The van der Waals surface area contributed by atoms with Gasteiger partial charge in [-0.25, -0.2) is 12.8 Å². The Bertz CT molecular complexity index is 1580. The second-order valence-electron chi connectivity index (χ2n) is 9.91. The van der Waals surface area contributed by atoms with E-state index >= 15 is 0 Å². The summed E-state index contributed by atoms with van der Waals surface area (Å²) in [6.45, 7) is 3.56. The highest BCUT2D eigenvalue weighted by Crippen LogP contribution is 2.25. The van der Waals surface area contributed by atoms with Crippen LogP contribution in [0.3, 0.4) is 0 Å². The second kappa shape index (κ2) is 13.9. The smallest absolute Gasteiger partial charge is 0.264 e. The number of nitrogens with one attached hydrogen (secondary N) is 1. The zero-order valence-electron chi connectivity index (χ0n) is 23.6. The van der Waals surface area contributed by atoms with Crippen LogP contribution in [-0.2, 0) is 32.6 Å². The maximum Gasteiger partial charge on any atom is 0.264 e. The van der Waals surface area contributed by atoms with Crippen molar-refractivity contribution in [2.45, 2.75) is 37.8 Å². The molecule has 4 aromatic rings. The van der Waals surface area contributed by atoms with Crippen molar-refractivity contribution in [3.05, 3.63) is 132 Å². The van der Waals surface area contributed by atoms with Crippen molar-refractivity contribution in [2.24, 2.45) is 0 Å². The van der Waals surface area contributed by atoms with Crippen molar-refractivity contribution in [3.8, 4) is 0 Å². The van der Waals surface area contributed by atoms with Crippen molar-refractivity contribution in [3.63, 3.8) is 0 Å². The fourth-order valence-corrected chi connectivity index (χ4v) is 6.01. The van der Waals surface area contributed by atoms with Gasteiger partial charge in [0.05, 0.1) is 10.6 Å². The first-order chi connectivity index (χ1) is 20.2. The lowest BCUT2D eigenvalue weighted by molar-refractivity contribution is -0.140. The van der Waals surface area contributed by atoms with E-state index in [0.717, 1.165) is 33.1 Å². The minimum atomic E-state index is -4.28. The fraction of sp³-hybridized carbons (Fsp3) is 0.212. The van der Waals surface area contributed by atoms with Crippen molar-refractivity contribution >= 4 is 27.5 Å². The third-order valence-electron chi connectivity index (χ3n) is 6.82. The predicted octanol–water partition coefficient (Wildman–Crippen LogP) is 5.11. The summed E-state index contributed by atoms with van der Waals surface area (Å²) in [6, 6.07) is 28.9. The number of benzene rings is 4. The van der Waals surface area contributed by atoms with Crippen LogP contribution in [0.1, 0.15) is 23.6 Å². The molecule has 0 aliphatic heterocycles. The Labute approximate surface area is 246 Å². The molecule has 1 atom stereocenters. The summed E-state index contributed by atoms with van der Waals surface area (Å²) in [7, 11) is -4.28. The van der Waals surface area contributed by atoms with Crippen LogP contribution in [0.5, 0.6) is 0 Å². The van der Waals surface area contributed by atoms with Crippen LogP contribution in [0.15, 0.2) is 114 Å². The minimum Gasteiger partial charge on any atom is -0.355 e. The van der Waals surface area contributed by atoms with Crippen molar-refractivity contribution in [1.82, 2.24) is 10.2 Å². The summed E-state index contributed by atoms with van der Waals surface area (Å²) < 4.78 is 42.5. The maximum atomic E-state index is 14.3. The number of aryl methyl sites for hydroxylation is 1. The average molecular weight is 588 g/mol. The Morgan fingerprint density at radius 1 is 0.810 bits per heavy atom. The molecule has 218 valence electrons. The summed E-state index contributed by atoms with van der Waals surface area (Å²) in [4.78, 5) is 29.0. The van der Waals surface area contributed by atoms with Gasteiger partial charge in [-0.2, -0.15) is 0 Å². The zero-order chi connectivity index (χ0) is 30.1. The molecule has 0 heterocycles. The summed E-state index contributed by atoms with van der Waals surface area (Å²) in [6.07, 6.45) is 0.237.